The van der Waals surface area contributed by atoms with E-state index in [1.54, 1.807) is 6.07 Å². The molecule has 10 nitrogen and oxygen atoms in total. The normalized spacial score (nSPS) is 14.9. The van der Waals surface area contributed by atoms with Crippen LogP contribution in [0.15, 0.2) is 29.2 Å². The number of ketones is 2. The van der Waals surface area contributed by atoms with E-state index in [0.717, 1.165) is 0 Å². The number of benzene rings is 1. The minimum absolute atomic E-state index is 0.0638. The molecule has 1 amide bonds. The Morgan fingerprint density at radius 2 is 1.55 bits per heavy atom. The summed E-state index contributed by atoms with van der Waals surface area (Å²) in [4.78, 5) is 47.1. The van der Waals surface area contributed by atoms with Crippen molar-refractivity contribution in [2.45, 2.75) is 25.7 Å². The molecule has 1 heterocycles. The van der Waals surface area contributed by atoms with Crippen LogP contribution in [0.3, 0.4) is 0 Å². The van der Waals surface area contributed by atoms with E-state index in [1.165, 1.54) is 39.0 Å². The molecule has 0 aliphatic carbocycles. The summed E-state index contributed by atoms with van der Waals surface area (Å²) in [5.41, 5.74) is -1.28. The van der Waals surface area contributed by atoms with Gasteiger partial charge in [-0.2, -0.15) is 0 Å². The second-order valence-corrected chi connectivity index (χ2v) is 9.30. The van der Waals surface area contributed by atoms with Crippen molar-refractivity contribution >= 4 is 33.5 Å². The molecule has 0 bridgehead atoms. The molecule has 11 heteroatoms. The summed E-state index contributed by atoms with van der Waals surface area (Å²) >= 11 is 0. The average Bonchev–Trinajstić information content (AvgIpc) is 2.88. The van der Waals surface area contributed by atoms with Crippen molar-refractivity contribution in [1.29, 1.82) is 0 Å². The Hall–Kier alpha value is -2.63. The molecule has 0 spiro atoms. The zero-order valence-corrected chi connectivity index (χ0v) is 18.4. The zero-order valence-electron chi connectivity index (χ0n) is 17.6. The average molecular weight is 455 g/mol. The number of carbonyl (C=O) groups excluding carboxylic acids is 4. The fourth-order valence-electron chi connectivity index (χ4n) is 2.85. The predicted octanol–water partition coefficient (Wildman–Crippen LogP) is 0.592. The topological polar surface area (TPSA) is 133 Å². The van der Waals surface area contributed by atoms with Gasteiger partial charge in [0, 0.05) is 0 Å². The van der Waals surface area contributed by atoms with Crippen molar-refractivity contribution in [2.24, 2.45) is 5.41 Å². The largest absolute Gasteiger partial charge is 0.463 e. The van der Waals surface area contributed by atoms with Crippen molar-refractivity contribution in [1.82, 2.24) is 4.31 Å². The first-order valence-electron chi connectivity index (χ1n) is 9.47. The van der Waals surface area contributed by atoms with Gasteiger partial charge in [0.25, 0.3) is 15.9 Å². The number of nitrogens with zero attached hydrogens (tertiary/aromatic N) is 1. The lowest BCUT2D eigenvalue weighted by molar-refractivity contribution is -0.164. The van der Waals surface area contributed by atoms with E-state index in [-0.39, 0.29) is 61.6 Å². The zero-order chi connectivity index (χ0) is 23.2. The fraction of sp³-hybridized carbons (Fsp3) is 0.500. The SMILES string of the molecule is CC(=O)COCC(C)(COCC(C)=O)C(=O)OCCN1C(=O)c2ccccc2S1(=O)=O. The van der Waals surface area contributed by atoms with Crippen molar-refractivity contribution in [3.05, 3.63) is 29.8 Å². The van der Waals surface area contributed by atoms with Gasteiger partial charge in [0.2, 0.25) is 0 Å². The quantitative estimate of drug-likeness (QED) is 0.415. The Morgan fingerprint density at radius 3 is 2.06 bits per heavy atom. The van der Waals surface area contributed by atoms with Crippen LogP contribution in [0.4, 0.5) is 0 Å². The lowest BCUT2D eigenvalue weighted by Crippen LogP contribution is -2.41. The van der Waals surface area contributed by atoms with Crippen LogP contribution in [0.2, 0.25) is 0 Å². The summed E-state index contributed by atoms with van der Waals surface area (Å²) in [7, 11) is -4.01. The van der Waals surface area contributed by atoms with Crippen LogP contribution >= 0.6 is 0 Å². The van der Waals surface area contributed by atoms with Gasteiger partial charge in [0.05, 0.1) is 25.3 Å². The molecule has 0 fully saturated rings. The molecule has 0 N–H and O–H groups in total. The van der Waals surface area contributed by atoms with Gasteiger partial charge < -0.3 is 14.2 Å². The molecule has 1 aromatic rings. The van der Waals surface area contributed by atoms with Crippen molar-refractivity contribution in [3.63, 3.8) is 0 Å². The Labute approximate surface area is 180 Å². The summed E-state index contributed by atoms with van der Waals surface area (Å²) in [6, 6.07) is 5.82. The monoisotopic (exact) mass is 455 g/mol. The number of carbonyl (C=O) groups is 4. The van der Waals surface area contributed by atoms with E-state index in [9.17, 15) is 27.6 Å². The molecule has 0 saturated heterocycles. The van der Waals surface area contributed by atoms with E-state index in [4.69, 9.17) is 14.2 Å². The van der Waals surface area contributed by atoms with Crippen LogP contribution in [-0.4, -0.2) is 75.7 Å². The lowest BCUT2D eigenvalue weighted by atomic mass is 9.93. The van der Waals surface area contributed by atoms with Crippen molar-refractivity contribution in [2.75, 3.05) is 39.6 Å². The Bertz CT molecular complexity index is 951. The number of ether oxygens (including phenoxy) is 3. The maximum atomic E-state index is 12.6. The third kappa shape index (κ3) is 5.96. The Balaban J connectivity index is 2.00. The van der Waals surface area contributed by atoms with Crippen molar-refractivity contribution in [3.8, 4) is 0 Å². The molecule has 31 heavy (non-hydrogen) atoms. The summed E-state index contributed by atoms with van der Waals surface area (Å²) in [5.74, 6) is -1.94. The number of fused-ring (bicyclic) bond motifs is 1. The van der Waals surface area contributed by atoms with Crippen molar-refractivity contribution < 1.29 is 41.8 Å². The number of rotatable bonds is 12. The molecule has 0 radical (unpaired) electrons. The third-order valence-electron chi connectivity index (χ3n) is 4.38. The smallest absolute Gasteiger partial charge is 0.316 e. The summed E-state index contributed by atoms with van der Waals surface area (Å²) < 4.78 is 41.4. The highest BCUT2D eigenvalue weighted by atomic mass is 32.2. The summed E-state index contributed by atoms with van der Waals surface area (Å²) in [6.45, 7) is 2.53. The molecular weight excluding hydrogens is 430 g/mol. The maximum absolute atomic E-state index is 12.6. The number of amides is 1. The van der Waals surface area contributed by atoms with Crippen LogP contribution < -0.4 is 0 Å². The molecule has 170 valence electrons. The molecule has 2 rings (SSSR count). The first kappa shape index (κ1) is 24.6. The third-order valence-corrected chi connectivity index (χ3v) is 6.22. The highest BCUT2D eigenvalue weighted by molar-refractivity contribution is 7.90. The second-order valence-electron chi connectivity index (χ2n) is 7.46. The first-order valence-corrected chi connectivity index (χ1v) is 10.9. The van der Waals surface area contributed by atoms with Gasteiger partial charge >= 0.3 is 5.97 Å². The predicted molar refractivity (Wildman–Crippen MR) is 107 cm³/mol. The second kappa shape index (κ2) is 10.1. The van der Waals surface area contributed by atoms with Gasteiger partial charge in [-0.25, -0.2) is 12.7 Å². The molecular formula is C20H25NO9S. The van der Waals surface area contributed by atoms with Gasteiger partial charge in [-0.1, -0.05) is 12.1 Å². The molecule has 0 saturated carbocycles. The van der Waals surface area contributed by atoms with Gasteiger partial charge in [0.15, 0.2) is 11.6 Å². The van der Waals surface area contributed by atoms with Gasteiger partial charge in [-0.15, -0.1) is 0 Å². The van der Waals surface area contributed by atoms with E-state index in [2.05, 4.69) is 0 Å². The molecule has 1 aliphatic rings. The van der Waals surface area contributed by atoms with Gasteiger partial charge in [-0.3, -0.25) is 19.2 Å². The molecule has 1 aliphatic heterocycles. The number of esters is 1. The molecule has 0 aromatic heterocycles. The van der Waals surface area contributed by atoms with E-state index < -0.39 is 27.3 Å². The molecule has 0 unspecified atom stereocenters. The Kier molecular flexibility index (Phi) is 8.04. The van der Waals surface area contributed by atoms with Crippen LogP contribution in [0.25, 0.3) is 0 Å². The molecule has 1 aromatic carbocycles. The van der Waals surface area contributed by atoms with Crippen LogP contribution in [0.1, 0.15) is 31.1 Å². The van der Waals surface area contributed by atoms with Gasteiger partial charge in [-0.05, 0) is 32.9 Å². The number of sulfonamides is 1. The summed E-state index contributed by atoms with van der Waals surface area (Å²) in [6.07, 6.45) is 0. The minimum Gasteiger partial charge on any atom is -0.463 e. The van der Waals surface area contributed by atoms with E-state index in [0.29, 0.717) is 4.31 Å². The van der Waals surface area contributed by atoms with Crippen LogP contribution in [0, 0.1) is 5.41 Å². The van der Waals surface area contributed by atoms with Crippen LogP contribution in [-0.2, 0) is 38.6 Å². The standard InChI is InChI=1S/C20H25NO9S/c1-14(22)10-28-12-20(3,13-29-11-15(2)23)19(25)30-9-8-21-18(24)16-6-4-5-7-17(16)31(21,26)27/h4-7H,8-13H2,1-3H3. The number of Topliss-reactive ketones (excluding diaryl/α,β-unsaturated/α-hetero) is 2. The number of hydrogen-bond donors (Lipinski definition) is 0. The maximum Gasteiger partial charge on any atom is 0.316 e. The molecule has 0 atom stereocenters. The minimum atomic E-state index is -4.01. The Morgan fingerprint density at radius 1 is 1.00 bits per heavy atom. The highest BCUT2D eigenvalue weighted by Crippen LogP contribution is 2.29. The fourth-order valence-corrected chi connectivity index (χ4v) is 4.40. The van der Waals surface area contributed by atoms with E-state index in [1.807, 2.05) is 0 Å². The number of hydrogen-bond acceptors (Lipinski definition) is 9. The van der Waals surface area contributed by atoms with Gasteiger partial charge in [0.1, 0.15) is 30.1 Å². The van der Waals surface area contributed by atoms with Crippen LogP contribution in [0.5, 0.6) is 0 Å². The summed E-state index contributed by atoms with van der Waals surface area (Å²) in [5, 5.41) is 0. The first-order chi connectivity index (χ1) is 14.5. The van der Waals surface area contributed by atoms with E-state index >= 15 is 0 Å². The highest BCUT2D eigenvalue weighted by Gasteiger charge is 2.41. The lowest BCUT2D eigenvalue weighted by Gasteiger charge is -2.27.